The second-order valence-electron chi connectivity index (χ2n) is 7.28. The summed E-state index contributed by atoms with van der Waals surface area (Å²) in [6.07, 6.45) is 3.52. The number of hydrogen-bond acceptors (Lipinski definition) is 4. The minimum Gasteiger partial charge on any atom is -0.472 e. The molecule has 3 aromatic rings. The number of ether oxygens (including phenoxy) is 1. The Labute approximate surface area is 166 Å². The molecule has 1 aliphatic heterocycles. The van der Waals surface area contributed by atoms with Crippen LogP contribution in [-0.4, -0.2) is 35.9 Å². The fraction of sp³-hybridized carbons (Fsp3) is 0.292. The molecule has 0 radical (unpaired) electrons. The molecule has 4 heteroatoms. The van der Waals surface area contributed by atoms with Gasteiger partial charge >= 0.3 is 0 Å². The van der Waals surface area contributed by atoms with Crippen molar-refractivity contribution in [3.05, 3.63) is 78.0 Å². The van der Waals surface area contributed by atoms with Gasteiger partial charge < -0.3 is 14.7 Å². The van der Waals surface area contributed by atoms with E-state index >= 15 is 0 Å². The average molecular weight is 374 g/mol. The van der Waals surface area contributed by atoms with E-state index in [9.17, 15) is 5.11 Å². The molecule has 0 bridgehead atoms. The van der Waals surface area contributed by atoms with Crippen LogP contribution in [0.1, 0.15) is 17.5 Å². The standard InChI is InChI=1S/C24H26N2O2/c1-18-6-5-13-25-24(18)28-22-11-14-26(17-22)23-10-9-20(16-21(23)12-15-27)19-7-3-2-4-8-19/h2-10,13,16,22,27H,11-12,14-15,17H2,1H3. The zero-order valence-electron chi connectivity index (χ0n) is 16.2. The molecular weight excluding hydrogens is 348 g/mol. The highest BCUT2D eigenvalue weighted by molar-refractivity contribution is 5.69. The van der Waals surface area contributed by atoms with E-state index < -0.39 is 0 Å². The Hall–Kier alpha value is -2.85. The minimum absolute atomic E-state index is 0.129. The molecule has 1 fully saturated rings. The SMILES string of the molecule is Cc1cccnc1OC1CCN(c2ccc(-c3ccccc3)cc2CCO)C1. The van der Waals surface area contributed by atoms with Gasteiger partial charge in [0.25, 0.3) is 0 Å². The average Bonchev–Trinajstić information content (AvgIpc) is 3.19. The monoisotopic (exact) mass is 374 g/mol. The predicted molar refractivity (Wildman–Crippen MR) is 113 cm³/mol. The molecule has 0 amide bonds. The summed E-state index contributed by atoms with van der Waals surface area (Å²) in [5, 5.41) is 9.57. The summed E-state index contributed by atoms with van der Waals surface area (Å²) in [7, 11) is 0. The third-order valence-corrected chi connectivity index (χ3v) is 5.29. The van der Waals surface area contributed by atoms with E-state index in [4.69, 9.17) is 4.74 Å². The molecule has 1 unspecified atom stereocenters. The highest BCUT2D eigenvalue weighted by Gasteiger charge is 2.26. The van der Waals surface area contributed by atoms with Crippen molar-refractivity contribution in [2.45, 2.75) is 25.9 Å². The number of hydrogen-bond donors (Lipinski definition) is 1. The van der Waals surface area contributed by atoms with Gasteiger partial charge in [-0.1, -0.05) is 42.5 Å². The van der Waals surface area contributed by atoms with Gasteiger partial charge in [-0.15, -0.1) is 0 Å². The zero-order chi connectivity index (χ0) is 19.3. The normalized spacial score (nSPS) is 16.4. The third kappa shape index (κ3) is 4.02. The predicted octanol–water partition coefficient (Wildman–Crippen LogP) is 4.25. The number of aliphatic hydroxyl groups is 1. The van der Waals surface area contributed by atoms with E-state index in [1.807, 2.05) is 25.1 Å². The minimum atomic E-state index is 0.129. The first-order valence-electron chi connectivity index (χ1n) is 9.87. The Kier molecular flexibility index (Phi) is 5.58. The molecule has 0 spiro atoms. The molecule has 1 N–H and O–H groups in total. The number of rotatable bonds is 6. The summed E-state index contributed by atoms with van der Waals surface area (Å²) in [5.74, 6) is 0.726. The molecule has 144 valence electrons. The Morgan fingerprint density at radius 3 is 2.71 bits per heavy atom. The number of aromatic nitrogens is 1. The third-order valence-electron chi connectivity index (χ3n) is 5.29. The quantitative estimate of drug-likeness (QED) is 0.701. The highest BCUT2D eigenvalue weighted by Crippen LogP contribution is 2.31. The van der Waals surface area contributed by atoms with E-state index in [1.54, 1.807) is 6.20 Å². The summed E-state index contributed by atoms with van der Waals surface area (Å²) in [6.45, 7) is 3.95. The molecule has 0 aliphatic carbocycles. The number of benzene rings is 2. The first-order chi connectivity index (χ1) is 13.7. The van der Waals surface area contributed by atoms with E-state index in [0.717, 1.165) is 31.0 Å². The van der Waals surface area contributed by atoms with Crippen molar-refractivity contribution >= 4 is 5.69 Å². The number of pyridine rings is 1. The van der Waals surface area contributed by atoms with E-state index in [-0.39, 0.29) is 12.7 Å². The summed E-state index contributed by atoms with van der Waals surface area (Å²) in [4.78, 5) is 6.72. The van der Waals surface area contributed by atoms with Crippen LogP contribution in [-0.2, 0) is 6.42 Å². The van der Waals surface area contributed by atoms with Crippen molar-refractivity contribution in [3.8, 4) is 17.0 Å². The fourth-order valence-electron chi connectivity index (χ4n) is 3.82. The Bertz CT molecular complexity index is 927. The van der Waals surface area contributed by atoms with Crippen molar-refractivity contribution in [2.75, 3.05) is 24.6 Å². The fourth-order valence-corrected chi connectivity index (χ4v) is 3.82. The van der Waals surface area contributed by atoms with Gasteiger partial charge in [0.15, 0.2) is 0 Å². The van der Waals surface area contributed by atoms with Crippen LogP contribution in [0.2, 0.25) is 0 Å². The molecule has 1 saturated heterocycles. The van der Waals surface area contributed by atoms with Crippen LogP contribution in [0.25, 0.3) is 11.1 Å². The Morgan fingerprint density at radius 1 is 1.07 bits per heavy atom. The van der Waals surface area contributed by atoms with Gasteiger partial charge in [0, 0.05) is 37.0 Å². The Morgan fingerprint density at radius 2 is 1.93 bits per heavy atom. The van der Waals surface area contributed by atoms with Gasteiger partial charge in [0.1, 0.15) is 6.10 Å². The maximum atomic E-state index is 9.57. The van der Waals surface area contributed by atoms with Crippen molar-refractivity contribution in [3.63, 3.8) is 0 Å². The maximum absolute atomic E-state index is 9.57. The largest absolute Gasteiger partial charge is 0.472 e. The second-order valence-corrected chi connectivity index (χ2v) is 7.28. The van der Waals surface area contributed by atoms with Crippen molar-refractivity contribution < 1.29 is 9.84 Å². The second kappa shape index (κ2) is 8.44. The maximum Gasteiger partial charge on any atom is 0.216 e. The summed E-state index contributed by atoms with van der Waals surface area (Å²) in [6, 6.07) is 20.9. The number of aliphatic hydroxyl groups excluding tert-OH is 1. The Balaban J connectivity index is 1.53. The molecule has 4 rings (SSSR count). The lowest BCUT2D eigenvalue weighted by molar-refractivity contribution is 0.214. The van der Waals surface area contributed by atoms with Gasteiger partial charge in [-0.25, -0.2) is 4.98 Å². The topological polar surface area (TPSA) is 45.6 Å². The first kappa shape index (κ1) is 18.5. The number of aryl methyl sites for hydroxylation is 1. The van der Waals surface area contributed by atoms with E-state index in [1.165, 1.54) is 22.4 Å². The lowest BCUT2D eigenvalue weighted by Crippen LogP contribution is -2.26. The molecule has 28 heavy (non-hydrogen) atoms. The lowest BCUT2D eigenvalue weighted by atomic mass is 10.00. The van der Waals surface area contributed by atoms with Crippen LogP contribution in [0.3, 0.4) is 0 Å². The number of anilines is 1. The van der Waals surface area contributed by atoms with E-state index in [0.29, 0.717) is 6.42 Å². The molecule has 4 nitrogen and oxygen atoms in total. The van der Waals surface area contributed by atoms with Gasteiger partial charge in [-0.2, -0.15) is 0 Å². The van der Waals surface area contributed by atoms with Crippen molar-refractivity contribution in [1.29, 1.82) is 0 Å². The van der Waals surface area contributed by atoms with Gasteiger partial charge in [-0.05, 0) is 48.2 Å². The molecular formula is C24H26N2O2. The molecule has 1 aromatic heterocycles. The van der Waals surface area contributed by atoms with Crippen LogP contribution >= 0.6 is 0 Å². The first-order valence-corrected chi connectivity index (χ1v) is 9.87. The molecule has 2 aromatic carbocycles. The number of nitrogens with zero attached hydrogens (tertiary/aromatic N) is 2. The lowest BCUT2D eigenvalue weighted by Gasteiger charge is -2.23. The van der Waals surface area contributed by atoms with Gasteiger partial charge in [0.2, 0.25) is 5.88 Å². The highest BCUT2D eigenvalue weighted by atomic mass is 16.5. The van der Waals surface area contributed by atoms with Crippen molar-refractivity contribution in [1.82, 2.24) is 4.98 Å². The van der Waals surface area contributed by atoms with Gasteiger partial charge in [0.05, 0.1) is 6.54 Å². The molecule has 2 heterocycles. The molecule has 1 aliphatic rings. The molecule has 0 saturated carbocycles. The van der Waals surface area contributed by atoms with Crippen LogP contribution in [0.4, 0.5) is 5.69 Å². The van der Waals surface area contributed by atoms with Crippen LogP contribution < -0.4 is 9.64 Å². The zero-order valence-corrected chi connectivity index (χ0v) is 16.2. The van der Waals surface area contributed by atoms with Crippen LogP contribution in [0.5, 0.6) is 5.88 Å². The summed E-state index contributed by atoms with van der Waals surface area (Å²) >= 11 is 0. The van der Waals surface area contributed by atoms with E-state index in [2.05, 4.69) is 52.3 Å². The van der Waals surface area contributed by atoms with Crippen molar-refractivity contribution in [2.24, 2.45) is 0 Å². The molecule has 1 atom stereocenters. The summed E-state index contributed by atoms with van der Waals surface area (Å²) in [5.41, 5.74) is 5.82. The summed E-state index contributed by atoms with van der Waals surface area (Å²) < 4.78 is 6.15. The smallest absolute Gasteiger partial charge is 0.216 e. The van der Waals surface area contributed by atoms with Gasteiger partial charge in [-0.3, -0.25) is 0 Å². The van der Waals surface area contributed by atoms with Crippen LogP contribution in [0, 0.1) is 6.92 Å². The van der Waals surface area contributed by atoms with Crippen LogP contribution in [0.15, 0.2) is 66.9 Å².